The second-order valence-corrected chi connectivity index (χ2v) is 13.5. The molecule has 1 heterocycles. The first-order valence-corrected chi connectivity index (χ1v) is 17.1. The molecule has 0 aliphatic heterocycles. The number of nitrogens with one attached hydrogen (secondary N) is 2. The molecule has 1 aromatic heterocycles. The summed E-state index contributed by atoms with van der Waals surface area (Å²) in [4.78, 5) is 19.2. The van der Waals surface area contributed by atoms with Crippen LogP contribution in [0.25, 0.3) is 11.1 Å². The van der Waals surface area contributed by atoms with E-state index in [2.05, 4.69) is 70.0 Å². The zero-order chi connectivity index (χ0) is 30.1. The van der Waals surface area contributed by atoms with Crippen LogP contribution in [-0.4, -0.2) is 54.3 Å². The molecule has 43 heavy (non-hydrogen) atoms. The fourth-order valence-corrected chi connectivity index (χ4v) is 6.59. The molecule has 2 saturated carbocycles. The number of amides is 1. The lowest BCUT2D eigenvalue weighted by Gasteiger charge is -2.23. The van der Waals surface area contributed by atoms with E-state index in [0.29, 0.717) is 12.6 Å². The summed E-state index contributed by atoms with van der Waals surface area (Å²) in [6, 6.07) is 17.0. The summed E-state index contributed by atoms with van der Waals surface area (Å²) in [5.41, 5.74) is 4.62. The Hall–Kier alpha value is -2.58. The van der Waals surface area contributed by atoms with Crippen molar-refractivity contribution in [3.05, 3.63) is 77.1 Å². The minimum Gasteiger partial charge on any atom is -0.490 e. The van der Waals surface area contributed by atoms with Gasteiger partial charge in [-0.15, -0.1) is 11.8 Å². The van der Waals surface area contributed by atoms with Gasteiger partial charge in [0.25, 0.3) is 0 Å². The molecule has 2 fully saturated rings. The van der Waals surface area contributed by atoms with Gasteiger partial charge in [0.2, 0.25) is 5.91 Å². The number of thioether (sulfide) groups is 1. The number of halogens is 1. The van der Waals surface area contributed by atoms with Crippen LogP contribution in [-0.2, 0) is 16.9 Å². The van der Waals surface area contributed by atoms with E-state index in [-0.39, 0.29) is 11.4 Å². The van der Waals surface area contributed by atoms with E-state index in [0.717, 1.165) is 85.8 Å². The molecule has 0 bridgehead atoms. The minimum atomic E-state index is -0.0985. The quantitative estimate of drug-likeness (QED) is 0.114. The van der Waals surface area contributed by atoms with Gasteiger partial charge in [-0.05, 0) is 124 Å². The highest BCUT2D eigenvalue weighted by molar-refractivity contribution is 7.99. The third-order valence-corrected chi connectivity index (χ3v) is 9.71. The predicted octanol–water partition coefficient (Wildman–Crippen LogP) is 7.44. The zero-order valence-corrected chi connectivity index (χ0v) is 27.1. The number of carbonyl (C=O) groups is 1. The summed E-state index contributed by atoms with van der Waals surface area (Å²) < 4.78 is 6.27. The second-order valence-electron chi connectivity index (χ2n) is 12.0. The van der Waals surface area contributed by atoms with E-state index in [1.807, 2.05) is 30.2 Å². The van der Waals surface area contributed by atoms with Crippen LogP contribution in [0.2, 0.25) is 5.02 Å². The van der Waals surface area contributed by atoms with Crippen molar-refractivity contribution in [1.29, 1.82) is 0 Å². The topological polar surface area (TPSA) is 66.5 Å². The number of rotatable bonds is 18. The van der Waals surface area contributed by atoms with E-state index < -0.39 is 0 Å². The SMILES string of the molecule is CC(=O)NCCCCN(C)CCCCSc1ccc(Cl)c(CNC2(c3cnccc3-c3ccccc3OC3CC3)CC2)c1. The van der Waals surface area contributed by atoms with Gasteiger partial charge in [0.05, 0.1) is 6.10 Å². The molecule has 2 aliphatic rings. The highest BCUT2D eigenvalue weighted by atomic mass is 35.5. The van der Waals surface area contributed by atoms with Crippen molar-refractivity contribution >= 4 is 29.3 Å². The van der Waals surface area contributed by atoms with Crippen LogP contribution in [0.15, 0.2) is 65.8 Å². The minimum absolute atomic E-state index is 0.0529. The molecule has 0 saturated heterocycles. The first-order valence-electron chi connectivity index (χ1n) is 15.7. The highest BCUT2D eigenvalue weighted by Crippen LogP contribution is 2.50. The van der Waals surface area contributed by atoms with Crippen molar-refractivity contribution in [2.45, 2.75) is 81.4 Å². The van der Waals surface area contributed by atoms with Crippen LogP contribution in [0.3, 0.4) is 0 Å². The normalized spacial score (nSPS) is 15.4. The number of nitrogens with zero attached hydrogens (tertiary/aromatic N) is 2. The molecule has 5 rings (SSSR count). The first kappa shape index (κ1) is 31.8. The van der Waals surface area contributed by atoms with Gasteiger partial charge in [-0.1, -0.05) is 29.8 Å². The summed E-state index contributed by atoms with van der Waals surface area (Å²) in [7, 11) is 2.19. The maximum absolute atomic E-state index is 11.0. The fraction of sp³-hybridized carbons (Fsp3) is 0.486. The van der Waals surface area contributed by atoms with Crippen LogP contribution in [0, 0.1) is 0 Å². The van der Waals surface area contributed by atoms with Crippen molar-refractivity contribution in [3.63, 3.8) is 0 Å². The van der Waals surface area contributed by atoms with Crippen molar-refractivity contribution in [2.75, 3.05) is 32.4 Å². The lowest BCUT2D eigenvalue weighted by Crippen LogP contribution is -2.29. The number of unbranched alkanes of at least 4 members (excludes halogenated alkanes) is 2. The van der Waals surface area contributed by atoms with Crippen molar-refractivity contribution < 1.29 is 9.53 Å². The van der Waals surface area contributed by atoms with E-state index >= 15 is 0 Å². The van der Waals surface area contributed by atoms with Crippen LogP contribution in [0.4, 0.5) is 0 Å². The van der Waals surface area contributed by atoms with E-state index in [1.54, 1.807) is 6.92 Å². The average Bonchev–Trinajstić information content (AvgIpc) is 3.94. The number of hydrogen-bond donors (Lipinski definition) is 2. The third-order valence-electron chi connectivity index (χ3n) is 8.26. The Morgan fingerprint density at radius 2 is 1.86 bits per heavy atom. The largest absolute Gasteiger partial charge is 0.490 e. The van der Waals surface area contributed by atoms with Crippen molar-refractivity contribution in [2.24, 2.45) is 0 Å². The summed E-state index contributed by atoms with van der Waals surface area (Å²) in [6.07, 6.45) is 13.2. The van der Waals surface area contributed by atoms with Gasteiger partial charge in [-0.3, -0.25) is 9.78 Å². The standard InChI is InChI=1S/C35H45ClN4O2S/c1-26(41)38-18-5-6-20-40(2)21-7-8-22-43-29-13-14-33(36)27(23-29)24-39-35(16-17-35)32-25-37-19-15-30(32)31-9-3-4-10-34(31)42-28-11-12-28/h3-4,9-10,13-15,19,23,25,28,39H,5-8,11-12,16-18,20-22,24H2,1-2H3,(H,38,41). The molecule has 2 aliphatic carbocycles. The smallest absolute Gasteiger partial charge is 0.216 e. The zero-order valence-electron chi connectivity index (χ0n) is 25.5. The number of carbonyl (C=O) groups excluding carboxylic acids is 1. The average molecular weight is 621 g/mol. The molecule has 1 amide bonds. The summed E-state index contributed by atoms with van der Waals surface area (Å²) in [6.45, 7) is 5.24. The molecule has 2 aromatic carbocycles. The highest BCUT2D eigenvalue weighted by Gasteiger charge is 2.45. The van der Waals surface area contributed by atoms with Crippen molar-refractivity contribution in [3.8, 4) is 16.9 Å². The number of benzene rings is 2. The second kappa shape index (κ2) is 15.4. The molecule has 6 nitrogen and oxygen atoms in total. The molecule has 8 heteroatoms. The lowest BCUT2D eigenvalue weighted by molar-refractivity contribution is -0.118. The fourth-order valence-electron chi connectivity index (χ4n) is 5.43. The molecule has 0 radical (unpaired) electrons. The van der Waals surface area contributed by atoms with Gasteiger partial charge >= 0.3 is 0 Å². The maximum atomic E-state index is 11.0. The Bertz CT molecular complexity index is 1360. The Labute approximate surface area is 266 Å². The number of aromatic nitrogens is 1. The molecule has 0 atom stereocenters. The number of para-hydroxylation sites is 1. The van der Waals surface area contributed by atoms with Gasteiger partial charge < -0.3 is 20.3 Å². The molecule has 0 unspecified atom stereocenters. The van der Waals surface area contributed by atoms with Gasteiger partial charge in [-0.25, -0.2) is 0 Å². The Kier molecular flexibility index (Phi) is 11.4. The molecule has 230 valence electrons. The summed E-state index contributed by atoms with van der Waals surface area (Å²) in [5.74, 6) is 2.11. The predicted molar refractivity (Wildman–Crippen MR) is 178 cm³/mol. The first-order chi connectivity index (χ1) is 20.9. The van der Waals surface area contributed by atoms with Gasteiger partial charge in [-0.2, -0.15) is 0 Å². The molecule has 0 spiro atoms. The number of hydrogen-bond acceptors (Lipinski definition) is 6. The maximum Gasteiger partial charge on any atom is 0.216 e. The monoisotopic (exact) mass is 620 g/mol. The Balaban J connectivity index is 1.11. The van der Waals surface area contributed by atoms with Crippen molar-refractivity contribution in [1.82, 2.24) is 20.5 Å². The number of pyridine rings is 1. The van der Waals surface area contributed by atoms with E-state index in [9.17, 15) is 4.79 Å². The lowest BCUT2D eigenvalue weighted by atomic mass is 9.94. The Morgan fingerprint density at radius 3 is 2.63 bits per heavy atom. The van der Waals surface area contributed by atoms with Gasteiger partial charge in [0.15, 0.2) is 0 Å². The molecule has 2 N–H and O–H groups in total. The van der Waals surface area contributed by atoms with Gasteiger partial charge in [0, 0.05) is 53.4 Å². The Morgan fingerprint density at radius 1 is 1.07 bits per heavy atom. The van der Waals surface area contributed by atoms with E-state index in [1.165, 1.54) is 28.9 Å². The summed E-state index contributed by atoms with van der Waals surface area (Å²) >= 11 is 8.59. The molecular weight excluding hydrogens is 576 g/mol. The molecule has 3 aromatic rings. The van der Waals surface area contributed by atoms with E-state index in [4.69, 9.17) is 16.3 Å². The van der Waals surface area contributed by atoms with Crippen LogP contribution in [0.5, 0.6) is 5.75 Å². The van der Waals surface area contributed by atoms with Crippen LogP contribution < -0.4 is 15.4 Å². The van der Waals surface area contributed by atoms with Crippen LogP contribution in [0.1, 0.15) is 69.4 Å². The van der Waals surface area contributed by atoms with Gasteiger partial charge in [0.1, 0.15) is 5.75 Å². The van der Waals surface area contributed by atoms with Crippen LogP contribution >= 0.6 is 23.4 Å². The summed E-state index contributed by atoms with van der Waals surface area (Å²) in [5, 5.41) is 7.55. The third kappa shape index (κ3) is 9.45. The molecular formula is C35H45ClN4O2S. The number of ether oxygens (including phenoxy) is 1.